The lowest BCUT2D eigenvalue weighted by atomic mass is 10.1. The van der Waals surface area contributed by atoms with Crippen molar-refractivity contribution in [3.05, 3.63) is 29.8 Å². The average molecular weight is 215 g/mol. The zero-order chi connectivity index (χ0) is 10.6. The second-order valence-corrected chi connectivity index (χ2v) is 4.66. The van der Waals surface area contributed by atoms with E-state index in [1.807, 2.05) is 18.2 Å². The van der Waals surface area contributed by atoms with Gasteiger partial charge in [0.1, 0.15) is 0 Å². The lowest BCUT2D eigenvalue weighted by Gasteiger charge is -2.03. The first-order valence-corrected chi connectivity index (χ1v) is 5.88. The molecule has 0 spiro atoms. The molecule has 0 unspecified atom stereocenters. The highest BCUT2D eigenvalue weighted by Gasteiger charge is 2.05. The Labute approximate surface area is 83.5 Å². The molecule has 0 atom stereocenters. The Hall–Kier alpha value is -1.07. The summed E-state index contributed by atoms with van der Waals surface area (Å²) in [7, 11) is -3.85. The highest BCUT2D eigenvalue weighted by atomic mass is 32.2. The average Bonchev–Trinajstić information content (AvgIpc) is 2.06. The van der Waals surface area contributed by atoms with Crippen molar-refractivity contribution in [3.63, 3.8) is 0 Å². The minimum absolute atomic E-state index is 0.221. The Kier molecular flexibility index (Phi) is 3.49. The first-order valence-electron chi connectivity index (χ1n) is 4.27. The van der Waals surface area contributed by atoms with Gasteiger partial charge in [0, 0.05) is 5.69 Å². The molecule has 0 bridgehead atoms. The Morgan fingerprint density at radius 3 is 2.50 bits per heavy atom. The number of nitrogens with two attached hydrogens (primary N) is 1. The fraction of sp³-hybridized carbons (Fsp3) is 0.333. The van der Waals surface area contributed by atoms with Crippen LogP contribution in [0, 0.1) is 0 Å². The topological polar surface area (TPSA) is 80.4 Å². The molecular formula is C9H13NO3S. The van der Waals surface area contributed by atoms with Crippen LogP contribution in [-0.4, -0.2) is 18.7 Å². The Balaban J connectivity index is 2.51. The Bertz CT molecular complexity index is 400. The second kappa shape index (κ2) is 4.43. The number of nitrogen functional groups attached to an aromatic ring is 1. The van der Waals surface area contributed by atoms with E-state index in [1.165, 1.54) is 0 Å². The SMILES string of the molecule is Nc1ccccc1CCCS(=O)(=O)O. The van der Waals surface area contributed by atoms with Gasteiger partial charge in [0.25, 0.3) is 10.1 Å². The largest absolute Gasteiger partial charge is 0.399 e. The fourth-order valence-corrected chi connectivity index (χ4v) is 1.72. The van der Waals surface area contributed by atoms with Crippen molar-refractivity contribution in [2.45, 2.75) is 12.8 Å². The molecule has 0 heterocycles. The Morgan fingerprint density at radius 2 is 1.93 bits per heavy atom. The summed E-state index contributed by atoms with van der Waals surface area (Å²) in [5.41, 5.74) is 7.23. The first-order chi connectivity index (χ1) is 6.49. The van der Waals surface area contributed by atoms with Gasteiger partial charge in [-0.25, -0.2) is 0 Å². The van der Waals surface area contributed by atoms with Crippen LogP contribution >= 0.6 is 0 Å². The summed E-state index contributed by atoms with van der Waals surface area (Å²) in [6.45, 7) is 0. The van der Waals surface area contributed by atoms with Gasteiger partial charge in [-0.05, 0) is 24.5 Å². The number of para-hydroxylation sites is 1. The van der Waals surface area contributed by atoms with Gasteiger partial charge in [-0.15, -0.1) is 0 Å². The van der Waals surface area contributed by atoms with Gasteiger partial charge in [0.05, 0.1) is 5.75 Å². The molecule has 0 amide bonds. The van der Waals surface area contributed by atoms with Crippen LogP contribution in [0.3, 0.4) is 0 Å². The van der Waals surface area contributed by atoms with E-state index in [0.717, 1.165) is 5.56 Å². The van der Waals surface area contributed by atoms with Crippen molar-refractivity contribution in [1.82, 2.24) is 0 Å². The molecule has 1 aromatic carbocycles. The highest BCUT2D eigenvalue weighted by Crippen LogP contribution is 2.12. The van der Waals surface area contributed by atoms with E-state index in [9.17, 15) is 8.42 Å². The van der Waals surface area contributed by atoms with Gasteiger partial charge < -0.3 is 5.73 Å². The zero-order valence-electron chi connectivity index (χ0n) is 7.68. The molecule has 0 aromatic heterocycles. The molecule has 14 heavy (non-hydrogen) atoms. The highest BCUT2D eigenvalue weighted by molar-refractivity contribution is 7.85. The quantitative estimate of drug-likeness (QED) is 0.582. The molecule has 1 rings (SSSR count). The number of rotatable bonds is 4. The molecule has 0 aliphatic carbocycles. The number of aryl methyl sites for hydroxylation is 1. The molecule has 0 radical (unpaired) electrons. The van der Waals surface area contributed by atoms with Crippen LogP contribution in [0.5, 0.6) is 0 Å². The molecule has 0 fully saturated rings. The predicted octanol–water partition coefficient (Wildman–Crippen LogP) is 1.09. The molecule has 0 aliphatic heterocycles. The minimum Gasteiger partial charge on any atom is -0.399 e. The van der Waals surface area contributed by atoms with Crippen molar-refractivity contribution < 1.29 is 13.0 Å². The minimum atomic E-state index is -3.85. The summed E-state index contributed by atoms with van der Waals surface area (Å²) in [6, 6.07) is 7.28. The first kappa shape index (κ1) is 11.0. The Morgan fingerprint density at radius 1 is 1.29 bits per heavy atom. The molecule has 4 nitrogen and oxygen atoms in total. The second-order valence-electron chi connectivity index (χ2n) is 3.09. The van der Waals surface area contributed by atoms with Crippen molar-refractivity contribution in [3.8, 4) is 0 Å². The van der Waals surface area contributed by atoms with E-state index in [1.54, 1.807) is 6.07 Å². The van der Waals surface area contributed by atoms with Crippen LogP contribution in [0.1, 0.15) is 12.0 Å². The normalized spacial score (nSPS) is 11.5. The molecule has 0 aliphatic rings. The lowest BCUT2D eigenvalue weighted by molar-refractivity contribution is 0.481. The van der Waals surface area contributed by atoms with E-state index in [2.05, 4.69) is 0 Å². The third-order valence-electron chi connectivity index (χ3n) is 1.90. The number of benzene rings is 1. The maximum absolute atomic E-state index is 10.4. The number of anilines is 1. The van der Waals surface area contributed by atoms with Crippen LogP contribution in [0.4, 0.5) is 5.69 Å². The van der Waals surface area contributed by atoms with E-state index in [-0.39, 0.29) is 5.75 Å². The molecule has 78 valence electrons. The summed E-state index contributed by atoms with van der Waals surface area (Å²) < 4.78 is 29.4. The van der Waals surface area contributed by atoms with Crippen LogP contribution in [-0.2, 0) is 16.5 Å². The van der Waals surface area contributed by atoms with E-state index >= 15 is 0 Å². The molecule has 3 N–H and O–H groups in total. The van der Waals surface area contributed by atoms with Crippen LogP contribution in [0.15, 0.2) is 24.3 Å². The standard InChI is InChI=1S/C9H13NO3S/c10-9-6-2-1-4-8(9)5-3-7-14(11,12)13/h1-2,4,6H,3,5,7,10H2,(H,11,12,13). The summed E-state index contributed by atoms with van der Waals surface area (Å²) >= 11 is 0. The van der Waals surface area contributed by atoms with E-state index in [4.69, 9.17) is 10.3 Å². The van der Waals surface area contributed by atoms with Crippen molar-refractivity contribution >= 4 is 15.8 Å². The summed E-state index contributed by atoms with van der Waals surface area (Å²) in [5, 5.41) is 0. The summed E-state index contributed by atoms with van der Waals surface area (Å²) in [4.78, 5) is 0. The number of hydrogen-bond donors (Lipinski definition) is 2. The molecule has 1 aromatic rings. The molecular weight excluding hydrogens is 202 g/mol. The molecule has 0 saturated carbocycles. The number of hydrogen-bond acceptors (Lipinski definition) is 3. The smallest absolute Gasteiger partial charge is 0.264 e. The lowest BCUT2D eigenvalue weighted by Crippen LogP contribution is -2.05. The maximum atomic E-state index is 10.4. The molecule has 5 heteroatoms. The predicted molar refractivity (Wildman–Crippen MR) is 55.6 cm³/mol. The van der Waals surface area contributed by atoms with Crippen LogP contribution < -0.4 is 5.73 Å². The van der Waals surface area contributed by atoms with E-state index in [0.29, 0.717) is 18.5 Å². The van der Waals surface area contributed by atoms with Crippen molar-refractivity contribution in [2.75, 3.05) is 11.5 Å². The third-order valence-corrected chi connectivity index (χ3v) is 2.71. The molecule has 0 saturated heterocycles. The summed E-state index contributed by atoms with van der Waals surface area (Å²) in [6.07, 6.45) is 0.944. The van der Waals surface area contributed by atoms with Gasteiger partial charge in [-0.2, -0.15) is 8.42 Å². The van der Waals surface area contributed by atoms with Crippen LogP contribution in [0.2, 0.25) is 0 Å². The van der Waals surface area contributed by atoms with Gasteiger partial charge in [-0.1, -0.05) is 18.2 Å². The monoisotopic (exact) mass is 215 g/mol. The van der Waals surface area contributed by atoms with Crippen molar-refractivity contribution in [1.29, 1.82) is 0 Å². The maximum Gasteiger partial charge on any atom is 0.264 e. The fourth-order valence-electron chi connectivity index (χ4n) is 1.21. The third kappa shape index (κ3) is 3.76. The van der Waals surface area contributed by atoms with Gasteiger partial charge in [0.15, 0.2) is 0 Å². The van der Waals surface area contributed by atoms with Gasteiger partial charge in [-0.3, -0.25) is 4.55 Å². The van der Waals surface area contributed by atoms with Crippen LogP contribution in [0.25, 0.3) is 0 Å². The van der Waals surface area contributed by atoms with Gasteiger partial charge in [0.2, 0.25) is 0 Å². The van der Waals surface area contributed by atoms with Gasteiger partial charge >= 0.3 is 0 Å². The van der Waals surface area contributed by atoms with Crippen molar-refractivity contribution in [2.24, 2.45) is 0 Å². The van der Waals surface area contributed by atoms with E-state index < -0.39 is 10.1 Å². The summed E-state index contributed by atoms with van der Waals surface area (Å²) in [5.74, 6) is -0.221. The zero-order valence-corrected chi connectivity index (χ0v) is 8.50.